The number of hydrogen-bond acceptors (Lipinski definition) is 5. The number of anilines is 2. The monoisotopic (exact) mass is 364 g/mol. The third-order valence-electron chi connectivity index (χ3n) is 3.98. The highest BCUT2D eigenvalue weighted by molar-refractivity contribution is 5.55. The number of nitrogens with one attached hydrogen (secondary N) is 1. The second-order valence-electron chi connectivity index (χ2n) is 6.02. The molecule has 1 aliphatic rings. The lowest BCUT2D eigenvalue weighted by molar-refractivity contribution is -0.184. The van der Waals surface area contributed by atoms with Crippen molar-refractivity contribution in [3.05, 3.63) is 65.7 Å². The number of ether oxygens (including phenoxy) is 1. The van der Waals surface area contributed by atoms with Crippen molar-refractivity contribution in [2.45, 2.75) is 5.60 Å². The predicted molar refractivity (Wildman–Crippen MR) is 87.8 cm³/mol. The van der Waals surface area contributed by atoms with Gasteiger partial charge in [-0.3, -0.25) is 0 Å². The van der Waals surface area contributed by atoms with Gasteiger partial charge in [-0.25, -0.2) is 17.9 Å². The molecule has 1 fully saturated rings. The van der Waals surface area contributed by atoms with Gasteiger partial charge in [0.2, 0.25) is 5.95 Å². The van der Waals surface area contributed by atoms with Gasteiger partial charge in [-0.15, -0.1) is 5.10 Å². The Kier molecular flexibility index (Phi) is 3.89. The number of rotatable bonds is 4. The molecular weight excluding hydrogens is 349 g/mol. The van der Waals surface area contributed by atoms with Crippen molar-refractivity contribution in [1.29, 1.82) is 0 Å². The van der Waals surface area contributed by atoms with Gasteiger partial charge < -0.3 is 15.2 Å². The molecule has 0 amide bonds. The summed E-state index contributed by atoms with van der Waals surface area (Å²) < 4.78 is 46.6. The van der Waals surface area contributed by atoms with Gasteiger partial charge in [0.1, 0.15) is 29.4 Å². The summed E-state index contributed by atoms with van der Waals surface area (Å²) in [5.74, 6) is -1.92. The molecule has 1 saturated heterocycles. The molecule has 2 heterocycles. The first kappa shape index (κ1) is 16.6. The quantitative estimate of drug-likeness (QED) is 0.745. The highest BCUT2D eigenvalue weighted by Crippen LogP contribution is 2.32. The SMILES string of the molecule is OC1(c2cc(F)cc(Nc3ncn(-c4cc(F)cc(F)c4)n3)c2)COC1.[HH]. The third kappa shape index (κ3) is 3.14. The van der Waals surface area contributed by atoms with Crippen LogP contribution in [0.2, 0.25) is 0 Å². The third-order valence-corrected chi connectivity index (χ3v) is 3.98. The van der Waals surface area contributed by atoms with Crippen LogP contribution < -0.4 is 5.32 Å². The van der Waals surface area contributed by atoms with E-state index in [-0.39, 0.29) is 26.3 Å². The van der Waals surface area contributed by atoms with E-state index in [1.165, 1.54) is 23.1 Å². The molecule has 0 spiro atoms. The number of hydrogen-bond donors (Lipinski definition) is 2. The maximum absolute atomic E-state index is 13.9. The Bertz CT molecular complexity index is 958. The van der Waals surface area contributed by atoms with E-state index < -0.39 is 23.1 Å². The van der Waals surface area contributed by atoms with E-state index in [0.717, 1.165) is 18.2 Å². The van der Waals surface area contributed by atoms with Crippen molar-refractivity contribution in [3.63, 3.8) is 0 Å². The summed E-state index contributed by atoms with van der Waals surface area (Å²) in [7, 11) is 0. The van der Waals surface area contributed by atoms with E-state index in [0.29, 0.717) is 11.3 Å². The van der Waals surface area contributed by atoms with Crippen LogP contribution in [0.15, 0.2) is 42.7 Å². The smallest absolute Gasteiger partial charge is 0.246 e. The normalized spacial score (nSPS) is 15.5. The fourth-order valence-corrected chi connectivity index (χ4v) is 2.64. The molecular formula is C17H15F3N4O2. The minimum atomic E-state index is -1.22. The Morgan fingerprint density at radius 3 is 2.38 bits per heavy atom. The highest BCUT2D eigenvalue weighted by atomic mass is 19.1. The lowest BCUT2D eigenvalue weighted by Crippen LogP contribution is -2.46. The molecule has 0 radical (unpaired) electrons. The molecule has 6 nitrogen and oxygen atoms in total. The molecule has 0 unspecified atom stereocenters. The predicted octanol–water partition coefficient (Wildman–Crippen LogP) is 2.89. The molecule has 2 N–H and O–H groups in total. The maximum atomic E-state index is 13.9. The average molecular weight is 364 g/mol. The van der Waals surface area contributed by atoms with Crippen molar-refractivity contribution >= 4 is 11.6 Å². The van der Waals surface area contributed by atoms with Gasteiger partial charge >= 0.3 is 0 Å². The van der Waals surface area contributed by atoms with Crippen molar-refractivity contribution in [3.8, 4) is 5.69 Å². The van der Waals surface area contributed by atoms with Gasteiger partial charge in [-0.2, -0.15) is 4.98 Å². The minimum Gasteiger partial charge on any atom is -0.380 e. The summed E-state index contributed by atoms with van der Waals surface area (Å²) in [5, 5.41) is 17.1. The zero-order chi connectivity index (χ0) is 18.3. The van der Waals surface area contributed by atoms with E-state index in [9.17, 15) is 18.3 Å². The number of halogens is 3. The van der Waals surface area contributed by atoms with E-state index in [1.807, 2.05) is 0 Å². The van der Waals surface area contributed by atoms with Crippen LogP contribution in [0.3, 0.4) is 0 Å². The second-order valence-corrected chi connectivity index (χ2v) is 6.02. The van der Waals surface area contributed by atoms with Crippen molar-refractivity contribution in [1.82, 2.24) is 14.8 Å². The Hall–Kier alpha value is -2.91. The van der Waals surface area contributed by atoms with Crippen LogP contribution in [-0.2, 0) is 10.3 Å². The van der Waals surface area contributed by atoms with Gasteiger partial charge in [0.05, 0.1) is 18.9 Å². The van der Waals surface area contributed by atoms with Crippen LogP contribution in [0.5, 0.6) is 0 Å². The number of benzene rings is 2. The number of aromatic nitrogens is 3. The molecule has 3 aromatic rings. The van der Waals surface area contributed by atoms with Gasteiger partial charge in [-0.1, -0.05) is 0 Å². The van der Waals surface area contributed by atoms with E-state index in [4.69, 9.17) is 4.74 Å². The molecule has 26 heavy (non-hydrogen) atoms. The number of nitrogens with zero attached hydrogens (tertiary/aromatic N) is 3. The van der Waals surface area contributed by atoms with E-state index >= 15 is 0 Å². The molecule has 0 bridgehead atoms. The van der Waals surface area contributed by atoms with Crippen LogP contribution in [0, 0.1) is 17.5 Å². The summed E-state index contributed by atoms with van der Waals surface area (Å²) in [5.41, 5.74) is -0.366. The van der Waals surface area contributed by atoms with E-state index in [2.05, 4.69) is 15.4 Å². The molecule has 4 rings (SSSR count). The Morgan fingerprint density at radius 2 is 1.73 bits per heavy atom. The van der Waals surface area contributed by atoms with Crippen LogP contribution in [-0.4, -0.2) is 33.1 Å². The Balaban J connectivity index is 0.00000210. The van der Waals surface area contributed by atoms with Gasteiger partial charge in [0.15, 0.2) is 0 Å². The zero-order valence-corrected chi connectivity index (χ0v) is 13.3. The van der Waals surface area contributed by atoms with Crippen LogP contribution in [0.25, 0.3) is 5.69 Å². The largest absolute Gasteiger partial charge is 0.380 e. The first-order valence-corrected chi connectivity index (χ1v) is 7.68. The molecule has 1 aliphatic heterocycles. The first-order chi connectivity index (χ1) is 12.4. The van der Waals surface area contributed by atoms with Crippen LogP contribution in [0.4, 0.5) is 24.8 Å². The average Bonchev–Trinajstić information content (AvgIpc) is 2.99. The van der Waals surface area contributed by atoms with Gasteiger partial charge in [-0.05, 0) is 35.9 Å². The first-order valence-electron chi connectivity index (χ1n) is 7.68. The van der Waals surface area contributed by atoms with Crippen molar-refractivity contribution in [2.24, 2.45) is 0 Å². The summed E-state index contributed by atoms with van der Waals surface area (Å²) in [6.45, 7) is 0.182. The zero-order valence-electron chi connectivity index (χ0n) is 13.3. The molecule has 0 aliphatic carbocycles. The topological polar surface area (TPSA) is 72.2 Å². The van der Waals surface area contributed by atoms with Crippen molar-refractivity contribution in [2.75, 3.05) is 18.5 Å². The molecule has 0 atom stereocenters. The van der Waals surface area contributed by atoms with Gasteiger partial charge in [0.25, 0.3) is 0 Å². The van der Waals surface area contributed by atoms with Crippen molar-refractivity contribution < 1.29 is 24.4 Å². The lowest BCUT2D eigenvalue weighted by atomic mass is 9.92. The molecule has 2 aromatic carbocycles. The summed E-state index contributed by atoms with van der Waals surface area (Å²) in [4.78, 5) is 3.99. The Labute approximate surface area is 147 Å². The molecule has 1 aromatic heterocycles. The lowest BCUT2D eigenvalue weighted by Gasteiger charge is -2.36. The highest BCUT2D eigenvalue weighted by Gasteiger charge is 2.38. The number of aliphatic hydroxyl groups is 1. The summed E-state index contributed by atoms with van der Waals surface area (Å²) in [6.07, 6.45) is 1.27. The van der Waals surface area contributed by atoms with Crippen LogP contribution >= 0.6 is 0 Å². The summed E-state index contributed by atoms with van der Waals surface area (Å²) >= 11 is 0. The fraction of sp³-hybridized carbons (Fsp3) is 0.176. The molecule has 9 heteroatoms. The summed E-state index contributed by atoms with van der Waals surface area (Å²) in [6, 6.07) is 6.98. The minimum absolute atomic E-state index is 0. The second kappa shape index (κ2) is 6.11. The fourth-order valence-electron chi connectivity index (χ4n) is 2.64. The maximum Gasteiger partial charge on any atom is 0.246 e. The van der Waals surface area contributed by atoms with Gasteiger partial charge in [0, 0.05) is 13.2 Å². The van der Waals surface area contributed by atoms with E-state index in [1.54, 1.807) is 6.07 Å². The Morgan fingerprint density at radius 1 is 1.04 bits per heavy atom. The standard InChI is InChI=1S/C17H13F3N4O2.H2/c18-11-1-10(17(25)7-26-8-17)2-14(4-11)22-16-21-9-24(23-16)15-5-12(19)3-13(20)6-15;/h1-6,9,25H,7-8H2,(H,22,23);1H. The molecule has 0 saturated carbocycles. The van der Waals surface area contributed by atoms with Crippen LogP contribution in [0.1, 0.15) is 6.99 Å². The molecule has 136 valence electrons.